The van der Waals surface area contributed by atoms with Crippen LogP contribution >= 0.6 is 45.2 Å². The van der Waals surface area contributed by atoms with Crippen LogP contribution in [0, 0.1) is 18.8 Å². The molecule has 0 aliphatic heterocycles. The van der Waals surface area contributed by atoms with E-state index in [1.165, 1.54) is 12.1 Å². The maximum Gasteiger partial charge on any atom is 0.207 e. The number of halogens is 4. The van der Waals surface area contributed by atoms with Crippen LogP contribution in [0.2, 0.25) is 0 Å². The summed E-state index contributed by atoms with van der Waals surface area (Å²) in [4.78, 5) is 0. The normalized spacial score (nSPS) is 10.7. The van der Waals surface area contributed by atoms with Crippen molar-refractivity contribution >= 4 is 45.2 Å². The summed E-state index contributed by atoms with van der Waals surface area (Å²) in [6.07, 6.45) is 0. The predicted octanol–water partition coefficient (Wildman–Crippen LogP) is 4.09. The monoisotopic (exact) mass is 522 g/mol. The van der Waals surface area contributed by atoms with E-state index in [0.29, 0.717) is 7.14 Å². The highest BCUT2D eigenvalue weighted by molar-refractivity contribution is 14.1. The maximum absolute atomic E-state index is 13.9. The van der Waals surface area contributed by atoms with E-state index in [0.717, 1.165) is 0 Å². The first-order valence-corrected chi connectivity index (χ1v) is 8.20. The van der Waals surface area contributed by atoms with Gasteiger partial charge in [0, 0.05) is 7.14 Å². The fourth-order valence-electron chi connectivity index (χ4n) is 1.85. The van der Waals surface area contributed by atoms with Gasteiger partial charge in [0.05, 0.1) is 11.1 Å². The highest BCUT2D eigenvalue weighted by Gasteiger charge is 2.16. The number of hydrogen-bond acceptors (Lipinski definition) is 4. The van der Waals surface area contributed by atoms with E-state index in [2.05, 4.69) is 20.4 Å². The molecule has 4 nitrogen and oxygen atoms in total. The molecule has 1 heterocycles. The zero-order chi connectivity index (χ0) is 15.7. The van der Waals surface area contributed by atoms with E-state index >= 15 is 0 Å². The third-order valence-electron chi connectivity index (χ3n) is 2.85. The van der Waals surface area contributed by atoms with Crippen molar-refractivity contribution in [3.63, 3.8) is 0 Å². The Morgan fingerprint density at radius 2 is 1.00 bits per heavy atom. The highest BCUT2D eigenvalue weighted by atomic mass is 127. The van der Waals surface area contributed by atoms with Crippen molar-refractivity contribution in [2.75, 3.05) is 0 Å². The molecular formula is C14H6F2I2N4. The van der Waals surface area contributed by atoms with E-state index in [-0.39, 0.29) is 22.8 Å². The van der Waals surface area contributed by atoms with Crippen LogP contribution in [0.25, 0.3) is 22.8 Å². The highest BCUT2D eigenvalue weighted by Crippen LogP contribution is 2.27. The van der Waals surface area contributed by atoms with Crippen LogP contribution in [0.15, 0.2) is 36.4 Å². The van der Waals surface area contributed by atoms with Crippen LogP contribution in [0.1, 0.15) is 0 Å². The molecular weight excluding hydrogens is 516 g/mol. The van der Waals surface area contributed by atoms with E-state index in [9.17, 15) is 8.78 Å². The lowest BCUT2D eigenvalue weighted by Crippen LogP contribution is -2.03. The van der Waals surface area contributed by atoms with Crippen molar-refractivity contribution in [1.82, 2.24) is 20.4 Å². The van der Waals surface area contributed by atoms with E-state index in [1.54, 1.807) is 24.3 Å². The van der Waals surface area contributed by atoms with Crippen LogP contribution in [0.3, 0.4) is 0 Å². The quantitative estimate of drug-likeness (QED) is 0.477. The van der Waals surface area contributed by atoms with Gasteiger partial charge in [-0.25, -0.2) is 8.78 Å². The molecule has 0 N–H and O–H groups in total. The molecule has 110 valence electrons. The van der Waals surface area contributed by atoms with Gasteiger partial charge < -0.3 is 0 Å². The third kappa shape index (κ3) is 2.93. The average molecular weight is 522 g/mol. The van der Waals surface area contributed by atoms with Gasteiger partial charge in [0.15, 0.2) is 0 Å². The van der Waals surface area contributed by atoms with Gasteiger partial charge >= 0.3 is 0 Å². The van der Waals surface area contributed by atoms with Gasteiger partial charge in [0.1, 0.15) is 11.6 Å². The topological polar surface area (TPSA) is 51.6 Å². The molecule has 3 rings (SSSR count). The van der Waals surface area contributed by atoms with Crippen molar-refractivity contribution in [3.05, 3.63) is 55.2 Å². The number of benzene rings is 2. The van der Waals surface area contributed by atoms with Crippen LogP contribution < -0.4 is 0 Å². The van der Waals surface area contributed by atoms with Gasteiger partial charge in [-0.3, -0.25) is 0 Å². The Hall–Kier alpha value is -1.30. The van der Waals surface area contributed by atoms with Crippen LogP contribution in [0.4, 0.5) is 8.78 Å². The first-order chi connectivity index (χ1) is 10.6. The Morgan fingerprint density at radius 1 is 0.636 bits per heavy atom. The molecule has 2 aromatic carbocycles. The standard InChI is InChI=1S/C14H6F2I2N4/c15-7-3-1-5-9(17)11(7)13-19-21-14(22-20-13)12-8(16)4-2-6-10(12)18/h1-6H. The SMILES string of the molecule is Fc1cccc(I)c1-c1nnc(-c2c(F)cccc2I)nn1. The zero-order valence-corrected chi connectivity index (χ0v) is 15.1. The molecule has 1 aromatic heterocycles. The molecule has 0 radical (unpaired) electrons. The second-order valence-electron chi connectivity index (χ2n) is 4.24. The summed E-state index contributed by atoms with van der Waals surface area (Å²) in [5.41, 5.74) is 0.468. The molecule has 0 spiro atoms. The molecule has 0 fully saturated rings. The lowest BCUT2D eigenvalue weighted by Gasteiger charge is -2.05. The van der Waals surface area contributed by atoms with Gasteiger partial charge in [-0.2, -0.15) is 0 Å². The summed E-state index contributed by atoms with van der Waals surface area (Å²) in [6, 6.07) is 9.28. The van der Waals surface area contributed by atoms with E-state index in [4.69, 9.17) is 0 Å². The summed E-state index contributed by atoms with van der Waals surface area (Å²) in [5.74, 6) is -0.775. The Balaban J connectivity index is 2.08. The maximum atomic E-state index is 13.9. The lowest BCUT2D eigenvalue weighted by molar-refractivity contribution is 0.624. The van der Waals surface area contributed by atoms with Gasteiger partial charge in [-0.1, -0.05) is 12.1 Å². The summed E-state index contributed by atoms with van der Waals surface area (Å²) in [6.45, 7) is 0. The number of aromatic nitrogens is 4. The minimum absolute atomic E-state index is 0.0672. The number of rotatable bonds is 2. The fraction of sp³-hybridized carbons (Fsp3) is 0. The fourth-order valence-corrected chi connectivity index (χ4v) is 3.27. The molecule has 0 saturated heterocycles. The van der Waals surface area contributed by atoms with Gasteiger partial charge in [0.25, 0.3) is 0 Å². The second kappa shape index (κ2) is 6.44. The smallest absolute Gasteiger partial charge is 0.206 e. The van der Waals surface area contributed by atoms with Crippen LogP contribution in [-0.4, -0.2) is 20.4 Å². The number of hydrogen-bond donors (Lipinski definition) is 0. The Labute approximate surface area is 151 Å². The van der Waals surface area contributed by atoms with Crippen molar-refractivity contribution in [2.45, 2.75) is 0 Å². The largest absolute Gasteiger partial charge is 0.207 e. The minimum atomic E-state index is -0.455. The molecule has 3 aromatic rings. The molecule has 0 aliphatic carbocycles. The van der Waals surface area contributed by atoms with Crippen LogP contribution in [-0.2, 0) is 0 Å². The van der Waals surface area contributed by atoms with Crippen molar-refractivity contribution < 1.29 is 8.78 Å². The molecule has 0 aliphatic rings. The van der Waals surface area contributed by atoms with Crippen molar-refractivity contribution in [2.24, 2.45) is 0 Å². The molecule has 0 bridgehead atoms. The molecule has 8 heteroatoms. The summed E-state index contributed by atoms with van der Waals surface area (Å²) >= 11 is 3.97. The second-order valence-corrected chi connectivity index (χ2v) is 6.56. The molecule has 0 unspecified atom stereocenters. The first kappa shape index (κ1) is 15.6. The number of nitrogens with zero attached hydrogens (tertiary/aromatic N) is 4. The van der Waals surface area contributed by atoms with Crippen LogP contribution in [0.5, 0.6) is 0 Å². The van der Waals surface area contributed by atoms with E-state index in [1.807, 2.05) is 45.2 Å². The van der Waals surface area contributed by atoms with Gasteiger partial charge in [-0.05, 0) is 69.4 Å². The van der Waals surface area contributed by atoms with Gasteiger partial charge in [0.2, 0.25) is 11.6 Å². The Morgan fingerprint density at radius 3 is 1.32 bits per heavy atom. The average Bonchev–Trinajstić information content (AvgIpc) is 2.48. The lowest BCUT2D eigenvalue weighted by atomic mass is 10.2. The van der Waals surface area contributed by atoms with Crippen molar-refractivity contribution in [3.8, 4) is 22.8 Å². The van der Waals surface area contributed by atoms with Gasteiger partial charge in [-0.15, -0.1) is 20.4 Å². The minimum Gasteiger partial charge on any atom is -0.206 e. The Kier molecular flexibility index (Phi) is 4.57. The summed E-state index contributed by atoms with van der Waals surface area (Å²) in [7, 11) is 0. The predicted molar refractivity (Wildman–Crippen MR) is 93.8 cm³/mol. The van der Waals surface area contributed by atoms with E-state index < -0.39 is 11.6 Å². The third-order valence-corrected chi connectivity index (χ3v) is 4.65. The molecule has 0 saturated carbocycles. The molecule has 0 atom stereocenters. The van der Waals surface area contributed by atoms with Crippen molar-refractivity contribution in [1.29, 1.82) is 0 Å². The Bertz CT molecular complexity index is 730. The summed E-state index contributed by atoms with van der Waals surface area (Å²) < 4.78 is 29.1. The summed E-state index contributed by atoms with van der Waals surface area (Å²) in [5, 5.41) is 15.6. The zero-order valence-electron chi connectivity index (χ0n) is 10.8. The molecule has 0 amide bonds. The first-order valence-electron chi connectivity index (χ1n) is 6.04. The molecule has 22 heavy (non-hydrogen) atoms.